The van der Waals surface area contributed by atoms with Gasteiger partial charge in [-0.25, -0.2) is 0 Å². The smallest absolute Gasteiger partial charge is 0.272 e. The number of aliphatic hydroxyl groups is 1. The van der Waals surface area contributed by atoms with Crippen LogP contribution in [0, 0.1) is 30.9 Å². The van der Waals surface area contributed by atoms with Crippen LogP contribution >= 0.6 is 23.2 Å². The number of nitrogens with zero attached hydrogens (tertiary/aromatic N) is 1. The fraction of sp³-hybridized carbons (Fsp3) is 0.316. The highest BCUT2D eigenvalue weighted by molar-refractivity contribution is 6.37. The lowest BCUT2D eigenvalue weighted by Crippen LogP contribution is -2.45. The van der Waals surface area contributed by atoms with Crippen LogP contribution in [0.2, 0.25) is 10.0 Å². The topological polar surface area (TPSA) is 102 Å². The number of carbonyl (C=O) groups excluding carboxylic acids is 1. The molecular formula is C19H20Cl2N2O5. The molecule has 0 radical (unpaired) electrons. The highest BCUT2D eigenvalue weighted by Crippen LogP contribution is 2.35. The third-order valence-electron chi connectivity index (χ3n) is 4.22. The molecule has 0 aromatic heterocycles. The van der Waals surface area contributed by atoms with Crippen molar-refractivity contribution in [3.8, 4) is 5.75 Å². The summed E-state index contributed by atoms with van der Waals surface area (Å²) in [7, 11) is 0. The van der Waals surface area contributed by atoms with E-state index in [1.807, 2.05) is 0 Å². The Hall–Kier alpha value is -2.35. The largest absolute Gasteiger partial charge is 0.488 e. The van der Waals surface area contributed by atoms with E-state index in [2.05, 4.69) is 5.32 Å². The molecule has 0 saturated carbocycles. The van der Waals surface area contributed by atoms with Gasteiger partial charge in [-0.2, -0.15) is 0 Å². The van der Waals surface area contributed by atoms with Crippen molar-refractivity contribution in [3.63, 3.8) is 0 Å². The van der Waals surface area contributed by atoms with Crippen molar-refractivity contribution in [2.24, 2.45) is 0 Å². The molecule has 7 nitrogen and oxygen atoms in total. The molecule has 2 aromatic carbocycles. The van der Waals surface area contributed by atoms with E-state index in [1.165, 1.54) is 25.1 Å². The number of anilines is 1. The van der Waals surface area contributed by atoms with Gasteiger partial charge in [-0.1, -0.05) is 23.2 Å². The fourth-order valence-corrected chi connectivity index (χ4v) is 2.89. The fourth-order valence-electron chi connectivity index (χ4n) is 2.49. The van der Waals surface area contributed by atoms with Crippen molar-refractivity contribution in [3.05, 3.63) is 61.1 Å². The molecule has 0 spiro atoms. The lowest BCUT2D eigenvalue weighted by Gasteiger charge is -2.23. The van der Waals surface area contributed by atoms with E-state index in [1.54, 1.807) is 26.8 Å². The monoisotopic (exact) mass is 426 g/mol. The average molecular weight is 427 g/mol. The molecule has 0 aliphatic carbocycles. The van der Waals surface area contributed by atoms with Crippen molar-refractivity contribution >= 4 is 40.5 Å². The molecule has 2 rings (SSSR count). The number of benzene rings is 2. The Morgan fingerprint density at radius 1 is 1.21 bits per heavy atom. The third-order valence-corrected chi connectivity index (χ3v) is 5.27. The minimum absolute atomic E-state index is 0.0591. The molecule has 2 aromatic rings. The summed E-state index contributed by atoms with van der Waals surface area (Å²) in [5.74, 6) is -0.417. The van der Waals surface area contributed by atoms with Gasteiger partial charge >= 0.3 is 0 Å². The molecule has 1 atom stereocenters. The molecule has 0 bridgehead atoms. The number of aryl methyl sites for hydroxylation is 2. The van der Waals surface area contributed by atoms with Crippen LogP contribution in [0.3, 0.4) is 0 Å². The molecule has 0 fully saturated rings. The Bertz CT molecular complexity index is 944. The summed E-state index contributed by atoms with van der Waals surface area (Å²) in [6.45, 7) is 6.03. The number of nitro benzene ring substituents is 1. The van der Waals surface area contributed by atoms with Crippen molar-refractivity contribution in [2.45, 2.75) is 33.3 Å². The van der Waals surface area contributed by atoms with Gasteiger partial charge in [0.15, 0.2) is 5.60 Å². The number of halogens is 2. The molecule has 0 saturated heterocycles. The maximum atomic E-state index is 12.4. The van der Waals surface area contributed by atoms with Crippen LogP contribution in [-0.2, 0) is 4.79 Å². The first-order valence-corrected chi connectivity index (χ1v) is 9.06. The second-order valence-corrected chi connectivity index (χ2v) is 7.48. The average Bonchev–Trinajstić information content (AvgIpc) is 2.61. The van der Waals surface area contributed by atoms with Crippen LogP contribution in [0.25, 0.3) is 0 Å². The molecule has 1 unspecified atom stereocenters. The van der Waals surface area contributed by atoms with Gasteiger partial charge in [0.2, 0.25) is 0 Å². The van der Waals surface area contributed by atoms with E-state index in [0.717, 1.165) is 5.56 Å². The van der Waals surface area contributed by atoms with Gasteiger partial charge in [-0.3, -0.25) is 14.9 Å². The lowest BCUT2D eigenvalue weighted by atomic mass is 10.1. The van der Waals surface area contributed by atoms with Crippen molar-refractivity contribution in [2.75, 3.05) is 11.9 Å². The maximum absolute atomic E-state index is 12.4. The molecule has 150 valence electrons. The lowest BCUT2D eigenvalue weighted by molar-refractivity contribution is -0.385. The summed E-state index contributed by atoms with van der Waals surface area (Å²) in [5, 5.41) is 24.7. The number of nitrogens with one attached hydrogen (secondary N) is 1. The zero-order valence-electron chi connectivity index (χ0n) is 15.8. The van der Waals surface area contributed by atoms with Crippen molar-refractivity contribution in [1.82, 2.24) is 0 Å². The van der Waals surface area contributed by atoms with E-state index in [4.69, 9.17) is 27.9 Å². The number of nitro groups is 1. The summed E-state index contributed by atoms with van der Waals surface area (Å²) < 4.78 is 5.56. The number of hydrogen-bond donors (Lipinski definition) is 2. The van der Waals surface area contributed by atoms with Crippen LogP contribution in [0.5, 0.6) is 5.75 Å². The zero-order chi connectivity index (χ0) is 21.2. The second-order valence-electron chi connectivity index (χ2n) is 6.72. The standard InChI is InChI=1S/C19H20Cl2N2O5/c1-10-7-13(5-6-14(10)23(26)27)22-18(24)19(4,25)9-28-15-8-11(2)16(20)12(3)17(15)21/h5-8,25H,9H2,1-4H3,(H,22,24). The first kappa shape index (κ1) is 21.9. The van der Waals surface area contributed by atoms with Gasteiger partial charge in [0.1, 0.15) is 12.4 Å². The van der Waals surface area contributed by atoms with Gasteiger partial charge in [0, 0.05) is 22.3 Å². The van der Waals surface area contributed by atoms with Crippen molar-refractivity contribution < 1.29 is 19.6 Å². The SMILES string of the molecule is Cc1cc(NC(=O)C(C)(O)COc2cc(C)c(Cl)c(C)c2Cl)ccc1[N+](=O)[O-]. The first-order valence-electron chi connectivity index (χ1n) is 8.31. The molecule has 0 aliphatic heterocycles. The van der Waals surface area contributed by atoms with Crippen molar-refractivity contribution in [1.29, 1.82) is 0 Å². The van der Waals surface area contributed by atoms with Crippen LogP contribution in [0.4, 0.5) is 11.4 Å². The maximum Gasteiger partial charge on any atom is 0.272 e. The van der Waals surface area contributed by atoms with Gasteiger partial charge in [-0.05, 0) is 57.0 Å². The number of amides is 1. The van der Waals surface area contributed by atoms with Gasteiger partial charge in [0.05, 0.1) is 9.95 Å². The van der Waals surface area contributed by atoms with E-state index in [0.29, 0.717) is 32.6 Å². The van der Waals surface area contributed by atoms with Crippen LogP contribution in [0.15, 0.2) is 24.3 Å². The molecular weight excluding hydrogens is 407 g/mol. The summed E-state index contributed by atoms with van der Waals surface area (Å²) in [4.78, 5) is 22.8. The summed E-state index contributed by atoms with van der Waals surface area (Å²) in [5.41, 5.74) is 0.173. The van der Waals surface area contributed by atoms with Crippen LogP contribution in [0.1, 0.15) is 23.6 Å². The summed E-state index contributed by atoms with van der Waals surface area (Å²) >= 11 is 12.4. The number of carbonyl (C=O) groups is 1. The number of ether oxygens (including phenoxy) is 1. The minimum atomic E-state index is -1.87. The van der Waals surface area contributed by atoms with Gasteiger partial charge in [0.25, 0.3) is 11.6 Å². The Morgan fingerprint density at radius 3 is 2.43 bits per heavy atom. The second kappa shape index (κ2) is 8.34. The van der Waals surface area contributed by atoms with E-state index in [9.17, 15) is 20.0 Å². The Kier molecular flexibility index (Phi) is 6.54. The normalized spacial score (nSPS) is 13.0. The highest BCUT2D eigenvalue weighted by Gasteiger charge is 2.32. The molecule has 28 heavy (non-hydrogen) atoms. The predicted molar refractivity (Wildman–Crippen MR) is 109 cm³/mol. The zero-order valence-corrected chi connectivity index (χ0v) is 17.3. The summed E-state index contributed by atoms with van der Waals surface area (Å²) in [6, 6.07) is 5.76. The quantitative estimate of drug-likeness (QED) is 0.519. The Morgan fingerprint density at radius 2 is 1.86 bits per heavy atom. The third kappa shape index (κ3) is 4.73. The minimum Gasteiger partial charge on any atom is -0.488 e. The van der Waals surface area contributed by atoms with Crippen LogP contribution in [-0.4, -0.2) is 28.1 Å². The van der Waals surface area contributed by atoms with Crippen LogP contribution < -0.4 is 10.1 Å². The Balaban J connectivity index is 2.11. The highest BCUT2D eigenvalue weighted by atomic mass is 35.5. The van der Waals surface area contributed by atoms with Gasteiger partial charge in [-0.15, -0.1) is 0 Å². The number of rotatable bonds is 6. The van der Waals surface area contributed by atoms with Gasteiger partial charge < -0.3 is 15.2 Å². The molecule has 0 heterocycles. The van der Waals surface area contributed by atoms with E-state index in [-0.39, 0.29) is 12.3 Å². The summed E-state index contributed by atoms with van der Waals surface area (Å²) in [6.07, 6.45) is 0. The first-order chi connectivity index (χ1) is 12.9. The van der Waals surface area contributed by atoms with E-state index < -0.39 is 16.4 Å². The molecule has 9 heteroatoms. The van der Waals surface area contributed by atoms with E-state index >= 15 is 0 Å². The predicted octanol–water partition coefficient (Wildman–Crippen LogP) is 4.60. The number of hydrogen-bond acceptors (Lipinski definition) is 5. The molecule has 0 aliphatic rings. The molecule has 2 N–H and O–H groups in total. The molecule has 1 amide bonds. The Labute approximate surface area is 172 Å².